The highest BCUT2D eigenvalue weighted by Crippen LogP contribution is 2.32. The van der Waals surface area contributed by atoms with Crippen LogP contribution in [0, 0.1) is 0 Å². The van der Waals surface area contributed by atoms with Gasteiger partial charge in [-0.15, -0.1) is 11.6 Å². The number of aryl methyl sites for hydroxylation is 1. The third kappa shape index (κ3) is 8.41. The van der Waals surface area contributed by atoms with Crippen molar-refractivity contribution in [2.24, 2.45) is 0 Å². The number of nitrogens with one attached hydrogen (secondary N) is 2. The molecule has 0 aliphatic rings. The highest BCUT2D eigenvalue weighted by atomic mass is 35.5. The minimum atomic E-state index is -1.03. The molecule has 0 aliphatic carbocycles. The second-order valence-corrected chi connectivity index (χ2v) is 10.2. The molecule has 35 heavy (non-hydrogen) atoms. The summed E-state index contributed by atoms with van der Waals surface area (Å²) in [4.78, 5) is 10.2. The van der Waals surface area contributed by atoms with Gasteiger partial charge in [-0.1, -0.05) is 42.5 Å². The maximum Gasteiger partial charge on any atom is 0.404 e. The zero-order valence-corrected chi connectivity index (χ0v) is 21.1. The number of rotatable bonds is 11. The van der Waals surface area contributed by atoms with Crippen LogP contribution in [0.25, 0.3) is 0 Å². The SMILES string of the molecule is C[C@@H](CCc1ccc(NCc2cc(OCc3ccccc3)cc(C(C)(C)Cl)c2)c(O)c1)NC(=O)O. The molecule has 0 aliphatic heterocycles. The number of benzene rings is 3. The largest absolute Gasteiger partial charge is 0.506 e. The van der Waals surface area contributed by atoms with Crippen molar-refractivity contribution in [2.45, 2.75) is 57.7 Å². The van der Waals surface area contributed by atoms with Gasteiger partial charge in [0.05, 0.1) is 10.6 Å². The van der Waals surface area contributed by atoms with E-state index in [-0.39, 0.29) is 11.8 Å². The number of ether oxygens (including phenoxy) is 1. The Morgan fingerprint density at radius 2 is 1.77 bits per heavy atom. The first kappa shape index (κ1) is 26.2. The van der Waals surface area contributed by atoms with E-state index in [2.05, 4.69) is 10.6 Å². The van der Waals surface area contributed by atoms with E-state index in [4.69, 9.17) is 21.4 Å². The van der Waals surface area contributed by atoms with Crippen molar-refractivity contribution in [1.29, 1.82) is 0 Å². The number of hydrogen-bond acceptors (Lipinski definition) is 4. The molecular formula is C28H33ClN2O4. The van der Waals surface area contributed by atoms with Crippen molar-refractivity contribution in [3.05, 3.63) is 89.0 Å². The molecule has 0 bridgehead atoms. The monoisotopic (exact) mass is 496 g/mol. The van der Waals surface area contributed by atoms with Gasteiger partial charge in [0.2, 0.25) is 0 Å². The van der Waals surface area contributed by atoms with Crippen LogP contribution >= 0.6 is 11.6 Å². The molecule has 0 spiro atoms. The van der Waals surface area contributed by atoms with Crippen LogP contribution in [0.4, 0.5) is 10.5 Å². The van der Waals surface area contributed by atoms with E-state index in [0.717, 1.165) is 28.0 Å². The lowest BCUT2D eigenvalue weighted by Crippen LogP contribution is -2.31. The van der Waals surface area contributed by atoms with E-state index in [1.165, 1.54) is 0 Å². The Kier molecular flexibility index (Phi) is 8.88. The summed E-state index contributed by atoms with van der Waals surface area (Å²) in [6.45, 7) is 6.65. The average molecular weight is 497 g/mol. The first-order chi connectivity index (χ1) is 16.6. The maximum atomic E-state index is 10.7. The number of anilines is 1. The first-order valence-corrected chi connectivity index (χ1v) is 12.0. The molecule has 0 radical (unpaired) electrons. The van der Waals surface area contributed by atoms with E-state index in [1.54, 1.807) is 6.07 Å². The number of alkyl halides is 1. The van der Waals surface area contributed by atoms with Gasteiger partial charge in [0.15, 0.2) is 0 Å². The Labute approximate surface area is 211 Å². The minimum absolute atomic E-state index is 0.149. The lowest BCUT2D eigenvalue weighted by atomic mass is 9.99. The van der Waals surface area contributed by atoms with Gasteiger partial charge >= 0.3 is 6.09 Å². The van der Waals surface area contributed by atoms with Crippen molar-refractivity contribution in [1.82, 2.24) is 5.32 Å². The smallest absolute Gasteiger partial charge is 0.404 e. The van der Waals surface area contributed by atoms with Gasteiger partial charge in [0, 0.05) is 12.6 Å². The Morgan fingerprint density at radius 3 is 2.43 bits per heavy atom. The Bertz CT molecular complexity index is 1130. The van der Waals surface area contributed by atoms with Crippen molar-refractivity contribution in [3.63, 3.8) is 0 Å². The van der Waals surface area contributed by atoms with Crippen LogP contribution in [-0.4, -0.2) is 22.3 Å². The summed E-state index contributed by atoms with van der Waals surface area (Å²) >= 11 is 6.61. The van der Waals surface area contributed by atoms with E-state index in [1.807, 2.05) is 81.4 Å². The van der Waals surface area contributed by atoms with Crippen LogP contribution in [0.2, 0.25) is 0 Å². The number of carboxylic acid groups (broad SMARTS) is 1. The maximum absolute atomic E-state index is 10.7. The molecule has 0 heterocycles. The van der Waals surface area contributed by atoms with Crippen LogP contribution in [0.1, 0.15) is 49.4 Å². The van der Waals surface area contributed by atoms with E-state index in [9.17, 15) is 9.90 Å². The lowest BCUT2D eigenvalue weighted by Gasteiger charge is -2.20. The summed E-state index contributed by atoms with van der Waals surface area (Å²) in [5.74, 6) is 0.885. The fraction of sp³-hybridized carbons (Fsp3) is 0.321. The predicted octanol–water partition coefficient (Wildman–Crippen LogP) is 6.65. The molecule has 0 saturated heterocycles. The molecule has 0 unspecified atom stereocenters. The van der Waals surface area contributed by atoms with Crippen LogP contribution in [-0.2, 0) is 24.4 Å². The number of aromatic hydroxyl groups is 1. The Morgan fingerprint density at radius 1 is 1.03 bits per heavy atom. The molecule has 0 aromatic heterocycles. The second kappa shape index (κ2) is 11.8. The number of hydrogen-bond donors (Lipinski definition) is 4. The molecule has 7 heteroatoms. The van der Waals surface area contributed by atoms with E-state index >= 15 is 0 Å². The van der Waals surface area contributed by atoms with Gasteiger partial charge in [-0.05, 0) is 80.1 Å². The molecule has 0 fully saturated rings. The molecule has 186 valence electrons. The number of phenolic OH excluding ortho intramolecular Hbond substituents is 1. The van der Waals surface area contributed by atoms with Crippen molar-refractivity contribution < 1.29 is 19.7 Å². The summed E-state index contributed by atoms with van der Waals surface area (Å²) in [6, 6.07) is 21.3. The normalized spacial score (nSPS) is 12.1. The van der Waals surface area contributed by atoms with Gasteiger partial charge in [0.25, 0.3) is 0 Å². The van der Waals surface area contributed by atoms with Gasteiger partial charge in [-0.2, -0.15) is 0 Å². The van der Waals surface area contributed by atoms with Gasteiger partial charge in [-0.3, -0.25) is 0 Å². The summed E-state index contributed by atoms with van der Waals surface area (Å²) in [7, 11) is 0. The molecule has 3 aromatic carbocycles. The quantitative estimate of drug-likeness (QED) is 0.176. The lowest BCUT2D eigenvalue weighted by molar-refractivity contribution is 0.190. The van der Waals surface area contributed by atoms with Gasteiger partial charge in [-0.25, -0.2) is 4.79 Å². The molecule has 1 atom stereocenters. The number of halogens is 1. The summed E-state index contributed by atoms with van der Waals surface area (Å²) in [6.07, 6.45) is 0.269. The van der Waals surface area contributed by atoms with Gasteiger partial charge < -0.3 is 25.6 Å². The zero-order valence-electron chi connectivity index (χ0n) is 20.3. The second-order valence-electron chi connectivity index (χ2n) is 9.21. The van der Waals surface area contributed by atoms with E-state index in [0.29, 0.717) is 31.7 Å². The van der Waals surface area contributed by atoms with Crippen LogP contribution in [0.5, 0.6) is 11.5 Å². The zero-order chi connectivity index (χ0) is 25.4. The van der Waals surface area contributed by atoms with Crippen molar-refractivity contribution >= 4 is 23.4 Å². The van der Waals surface area contributed by atoms with Crippen LogP contribution in [0.3, 0.4) is 0 Å². The molecule has 0 saturated carbocycles. The van der Waals surface area contributed by atoms with Crippen molar-refractivity contribution in [2.75, 3.05) is 5.32 Å². The third-order valence-corrected chi connectivity index (χ3v) is 5.90. The molecule has 1 amide bonds. The topological polar surface area (TPSA) is 90.8 Å². The predicted molar refractivity (Wildman–Crippen MR) is 140 cm³/mol. The summed E-state index contributed by atoms with van der Waals surface area (Å²) in [5.41, 5.74) is 4.57. The Hall–Kier alpha value is -3.38. The van der Waals surface area contributed by atoms with Gasteiger partial charge in [0.1, 0.15) is 18.1 Å². The van der Waals surface area contributed by atoms with Crippen LogP contribution in [0.15, 0.2) is 66.7 Å². The highest BCUT2D eigenvalue weighted by molar-refractivity contribution is 6.23. The average Bonchev–Trinajstić information content (AvgIpc) is 2.80. The third-order valence-electron chi connectivity index (χ3n) is 5.68. The molecule has 3 aromatic rings. The minimum Gasteiger partial charge on any atom is -0.506 e. The molecular weight excluding hydrogens is 464 g/mol. The number of amides is 1. The van der Waals surface area contributed by atoms with Crippen LogP contribution < -0.4 is 15.4 Å². The Balaban J connectivity index is 1.67. The number of carbonyl (C=O) groups is 1. The first-order valence-electron chi connectivity index (χ1n) is 11.7. The summed E-state index contributed by atoms with van der Waals surface area (Å²) in [5, 5.41) is 25.0. The highest BCUT2D eigenvalue weighted by Gasteiger charge is 2.18. The molecule has 3 rings (SSSR count). The fourth-order valence-electron chi connectivity index (χ4n) is 3.68. The van der Waals surface area contributed by atoms with E-state index < -0.39 is 11.0 Å². The summed E-state index contributed by atoms with van der Waals surface area (Å²) < 4.78 is 6.05. The molecule has 6 nitrogen and oxygen atoms in total. The molecule has 4 N–H and O–H groups in total. The number of phenols is 1. The van der Waals surface area contributed by atoms with Crippen molar-refractivity contribution in [3.8, 4) is 11.5 Å². The standard InChI is InChI=1S/C28H33ClN2O4/c1-19(31-27(33)34)9-10-20-11-12-25(26(32)15-20)30-17-22-13-23(28(2,3)29)16-24(14-22)35-18-21-7-5-4-6-8-21/h4-8,11-16,19,30-32H,9-10,17-18H2,1-3H3,(H,33,34)/t19-/m0/s1. The fourth-order valence-corrected chi connectivity index (χ4v) is 3.78.